The molecule has 104 valence electrons. The lowest BCUT2D eigenvalue weighted by atomic mass is 10.1. The van der Waals surface area contributed by atoms with Gasteiger partial charge >= 0.3 is 0 Å². The van der Waals surface area contributed by atoms with Gasteiger partial charge in [-0.15, -0.1) is 0 Å². The van der Waals surface area contributed by atoms with Crippen LogP contribution in [0.2, 0.25) is 0 Å². The zero-order valence-electron chi connectivity index (χ0n) is 11.4. The monoisotopic (exact) mass is 325 g/mol. The summed E-state index contributed by atoms with van der Waals surface area (Å²) < 4.78 is 5.24. The highest BCUT2D eigenvalue weighted by Crippen LogP contribution is 2.30. The van der Waals surface area contributed by atoms with Gasteiger partial charge in [-0.3, -0.25) is 4.79 Å². The van der Waals surface area contributed by atoms with Crippen LogP contribution in [0.4, 0.5) is 0 Å². The maximum absolute atomic E-state index is 12.2. The van der Waals surface area contributed by atoms with Crippen LogP contribution in [-0.2, 0) is 0 Å². The molecular weight excluding hydrogens is 306 g/mol. The van der Waals surface area contributed by atoms with E-state index in [1.54, 1.807) is 7.11 Å². The minimum absolute atomic E-state index is 0.0430. The number of rotatable bonds is 4. The number of halogens is 1. The van der Waals surface area contributed by atoms with Crippen molar-refractivity contribution < 1.29 is 9.53 Å². The van der Waals surface area contributed by atoms with E-state index in [4.69, 9.17) is 4.74 Å². The average molecular weight is 326 g/mol. The second kappa shape index (κ2) is 6.42. The molecule has 3 nitrogen and oxygen atoms in total. The second-order valence-electron chi connectivity index (χ2n) is 5.19. The molecule has 1 aliphatic carbocycles. The van der Waals surface area contributed by atoms with E-state index < -0.39 is 0 Å². The lowest BCUT2D eigenvalue weighted by molar-refractivity contribution is 0.0944. The molecule has 0 heterocycles. The Balaban J connectivity index is 1.97. The lowest BCUT2D eigenvalue weighted by Crippen LogP contribution is -2.28. The van der Waals surface area contributed by atoms with E-state index >= 15 is 0 Å². The van der Waals surface area contributed by atoms with E-state index in [9.17, 15) is 4.79 Å². The first-order valence-corrected chi connectivity index (χ1v) is 7.58. The average Bonchev–Trinajstić information content (AvgIpc) is 2.81. The molecule has 1 aromatic rings. The SMILES string of the molecule is COc1ccc(C)cc1C(=O)NCC1CCC(Br)C1. The minimum atomic E-state index is -0.0430. The van der Waals surface area contributed by atoms with Gasteiger partial charge in [-0.1, -0.05) is 27.6 Å². The van der Waals surface area contributed by atoms with E-state index in [-0.39, 0.29) is 5.91 Å². The second-order valence-corrected chi connectivity index (χ2v) is 6.49. The number of carbonyl (C=O) groups excluding carboxylic acids is 1. The van der Waals surface area contributed by atoms with Crippen LogP contribution in [0.3, 0.4) is 0 Å². The number of benzene rings is 1. The van der Waals surface area contributed by atoms with Crippen LogP contribution in [0, 0.1) is 12.8 Å². The molecule has 0 saturated heterocycles. The van der Waals surface area contributed by atoms with Gasteiger partial charge in [0, 0.05) is 11.4 Å². The highest BCUT2D eigenvalue weighted by molar-refractivity contribution is 9.09. The van der Waals surface area contributed by atoms with Gasteiger partial charge in [0.15, 0.2) is 0 Å². The Labute approximate surface area is 122 Å². The van der Waals surface area contributed by atoms with E-state index in [2.05, 4.69) is 21.2 Å². The number of hydrogen-bond acceptors (Lipinski definition) is 2. The number of alkyl halides is 1. The fourth-order valence-corrected chi connectivity index (χ4v) is 3.32. The first kappa shape index (κ1) is 14.4. The molecule has 0 spiro atoms. The van der Waals surface area contributed by atoms with Crippen molar-refractivity contribution in [1.29, 1.82) is 0 Å². The van der Waals surface area contributed by atoms with Crippen molar-refractivity contribution in [2.75, 3.05) is 13.7 Å². The molecular formula is C15H20BrNO2. The number of methoxy groups -OCH3 is 1. The Morgan fingerprint density at radius 2 is 2.26 bits per heavy atom. The topological polar surface area (TPSA) is 38.3 Å². The first-order valence-electron chi connectivity index (χ1n) is 6.67. The fourth-order valence-electron chi connectivity index (χ4n) is 2.53. The molecule has 1 saturated carbocycles. The van der Waals surface area contributed by atoms with E-state index in [0.29, 0.717) is 22.1 Å². The number of hydrogen-bond donors (Lipinski definition) is 1. The molecule has 2 atom stereocenters. The number of aryl methyl sites for hydroxylation is 1. The van der Waals surface area contributed by atoms with Crippen LogP contribution >= 0.6 is 15.9 Å². The van der Waals surface area contributed by atoms with Crippen molar-refractivity contribution in [3.63, 3.8) is 0 Å². The van der Waals surface area contributed by atoms with Crippen molar-refractivity contribution in [1.82, 2.24) is 5.32 Å². The quantitative estimate of drug-likeness (QED) is 0.862. The maximum Gasteiger partial charge on any atom is 0.255 e. The van der Waals surface area contributed by atoms with Gasteiger partial charge in [0.25, 0.3) is 5.91 Å². The summed E-state index contributed by atoms with van der Waals surface area (Å²) in [5.74, 6) is 1.18. The van der Waals surface area contributed by atoms with Gasteiger partial charge in [0.1, 0.15) is 5.75 Å². The molecule has 0 bridgehead atoms. The van der Waals surface area contributed by atoms with Crippen molar-refractivity contribution in [2.45, 2.75) is 31.0 Å². The highest BCUT2D eigenvalue weighted by atomic mass is 79.9. The molecule has 2 rings (SSSR count). The number of ether oxygens (including phenoxy) is 1. The minimum Gasteiger partial charge on any atom is -0.496 e. The van der Waals surface area contributed by atoms with E-state index in [1.807, 2.05) is 25.1 Å². The third kappa shape index (κ3) is 3.72. The summed E-state index contributed by atoms with van der Waals surface area (Å²) >= 11 is 3.63. The van der Waals surface area contributed by atoms with Crippen LogP contribution in [0.5, 0.6) is 5.75 Å². The Kier molecular flexibility index (Phi) is 4.86. The molecule has 0 radical (unpaired) electrons. The lowest BCUT2D eigenvalue weighted by Gasteiger charge is -2.13. The molecule has 1 aromatic carbocycles. The summed E-state index contributed by atoms with van der Waals surface area (Å²) in [5, 5.41) is 3.02. The summed E-state index contributed by atoms with van der Waals surface area (Å²) in [5.41, 5.74) is 1.68. The van der Waals surface area contributed by atoms with Gasteiger partial charge in [-0.2, -0.15) is 0 Å². The van der Waals surface area contributed by atoms with Gasteiger partial charge in [-0.25, -0.2) is 0 Å². The molecule has 2 unspecified atom stereocenters. The number of nitrogens with one attached hydrogen (secondary N) is 1. The molecule has 19 heavy (non-hydrogen) atoms. The van der Waals surface area contributed by atoms with Gasteiger partial charge in [0.05, 0.1) is 12.7 Å². The molecule has 1 amide bonds. The highest BCUT2D eigenvalue weighted by Gasteiger charge is 2.23. The summed E-state index contributed by atoms with van der Waals surface area (Å²) in [6.45, 7) is 2.72. The predicted molar refractivity (Wildman–Crippen MR) is 80.1 cm³/mol. The van der Waals surface area contributed by atoms with Gasteiger partial charge in [0.2, 0.25) is 0 Å². The van der Waals surface area contributed by atoms with Crippen molar-refractivity contribution in [3.05, 3.63) is 29.3 Å². The third-order valence-electron chi connectivity index (χ3n) is 3.63. The molecule has 0 aromatic heterocycles. The predicted octanol–water partition coefficient (Wildman–Crippen LogP) is 3.30. The summed E-state index contributed by atoms with van der Waals surface area (Å²) in [6, 6.07) is 5.66. The zero-order chi connectivity index (χ0) is 13.8. The van der Waals surface area contributed by atoms with Crippen LogP contribution in [0.1, 0.15) is 35.2 Å². The fraction of sp³-hybridized carbons (Fsp3) is 0.533. The molecule has 1 aliphatic rings. The van der Waals surface area contributed by atoms with Crippen LogP contribution in [0.15, 0.2) is 18.2 Å². The Hall–Kier alpha value is -1.03. The maximum atomic E-state index is 12.2. The Morgan fingerprint density at radius 1 is 1.47 bits per heavy atom. The number of amides is 1. The summed E-state index contributed by atoms with van der Waals surface area (Å²) in [4.78, 5) is 12.8. The van der Waals surface area contributed by atoms with Gasteiger partial charge < -0.3 is 10.1 Å². The molecule has 1 N–H and O–H groups in total. The van der Waals surface area contributed by atoms with Crippen molar-refractivity contribution in [2.24, 2.45) is 5.92 Å². The first-order chi connectivity index (χ1) is 9.10. The Morgan fingerprint density at radius 3 is 2.89 bits per heavy atom. The standard InChI is InChI=1S/C15H20BrNO2/c1-10-3-6-14(19-2)13(7-10)15(18)17-9-11-4-5-12(16)8-11/h3,6-7,11-12H,4-5,8-9H2,1-2H3,(H,17,18). The van der Waals surface area contributed by atoms with E-state index in [0.717, 1.165) is 18.5 Å². The largest absolute Gasteiger partial charge is 0.496 e. The van der Waals surface area contributed by atoms with Gasteiger partial charge in [-0.05, 0) is 44.2 Å². The van der Waals surface area contributed by atoms with Crippen LogP contribution in [0.25, 0.3) is 0 Å². The summed E-state index contributed by atoms with van der Waals surface area (Å²) in [6.07, 6.45) is 3.53. The smallest absolute Gasteiger partial charge is 0.255 e. The zero-order valence-corrected chi connectivity index (χ0v) is 13.0. The molecule has 0 aliphatic heterocycles. The van der Waals surface area contributed by atoms with E-state index in [1.165, 1.54) is 12.8 Å². The van der Waals surface area contributed by atoms with Crippen LogP contribution < -0.4 is 10.1 Å². The summed E-state index contributed by atoms with van der Waals surface area (Å²) in [7, 11) is 1.59. The normalized spacial score (nSPS) is 22.3. The van der Waals surface area contributed by atoms with Crippen LogP contribution in [-0.4, -0.2) is 24.4 Å². The number of carbonyl (C=O) groups is 1. The Bertz CT molecular complexity index is 461. The van der Waals surface area contributed by atoms with Crippen molar-refractivity contribution in [3.8, 4) is 5.75 Å². The third-order valence-corrected chi connectivity index (χ3v) is 4.46. The van der Waals surface area contributed by atoms with Crippen molar-refractivity contribution >= 4 is 21.8 Å². The molecule has 4 heteroatoms. The molecule has 1 fully saturated rings.